The SMILES string of the molecule is c1cc(NCc2csc(-c3ccc4c(c3)OCO4)n2)c2nonc2c1. The highest BCUT2D eigenvalue weighted by Gasteiger charge is 2.15. The molecular weight excluding hydrogens is 340 g/mol. The van der Waals surface area contributed by atoms with Gasteiger partial charge in [0, 0.05) is 10.9 Å². The summed E-state index contributed by atoms with van der Waals surface area (Å²) in [6.07, 6.45) is 0. The fourth-order valence-electron chi connectivity index (χ4n) is 2.68. The minimum atomic E-state index is 0.272. The van der Waals surface area contributed by atoms with Crippen LogP contribution >= 0.6 is 11.3 Å². The van der Waals surface area contributed by atoms with Gasteiger partial charge in [0.2, 0.25) is 6.79 Å². The Morgan fingerprint density at radius 1 is 1.08 bits per heavy atom. The first-order valence-electron chi connectivity index (χ1n) is 7.66. The Bertz CT molecular complexity index is 1060. The molecule has 1 aliphatic heterocycles. The minimum absolute atomic E-state index is 0.272. The highest BCUT2D eigenvalue weighted by Crippen LogP contribution is 2.36. The van der Waals surface area contributed by atoms with Crippen molar-refractivity contribution in [2.45, 2.75) is 6.54 Å². The Kier molecular flexibility index (Phi) is 3.27. The van der Waals surface area contributed by atoms with Crippen LogP contribution in [0, 0.1) is 0 Å². The van der Waals surface area contributed by atoms with E-state index in [-0.39, 0.29) is 6.79 Å². The predicted octanol–water partition coefficient (Wildman–Crippen LogP) is 3.69. The summed E-state index contributed by atoms with van der Waals surface area (Å²) >= 11 is 1.59. The van der Waals surface area contributed by atoms with E-state index in [1.54, 1.807) is 11.3 Å². The summed E-state index contributed by atoms with van der Waals surface area (Å²) in [6, 6.07) is 11.6. The lowest BCUT2D eigenvalue weighted by atomic mass is 10.2. The number of anilines is 1. The first-order valence-corrected chi connectivity index (χ1v) is 8.54. The van der Waals surface area contributed by atoms with E-state index in [1.165, 1.54) is 0 Å². The maximum Gasteiger partial charge on any atom is 0.231 e. The third-order valence-corrected chi connectivity index (χ3v) is 4.86. The number of rotatable bonds is 4. The number of aromatic nitrogens is 3. The van der Waals surface area contributed by atoms with Crippen LogP contribution in [0.2, 0.25) is 0 Å². The Balaban J connectivity index is 1.35. The topological polar surface area (TPSA) is 82.3 Å². The zero-order chi connectivity index (χ0) is 16.6. The van der Waals surface area contributed by atoms with Crippen LogP contribution < -0.4 is 14.8 Å². The molecule has 2 aromatic heterocycles. The van der Waals surface area contributed by atoms with Crippen molar-refractivity contribution >= 4 is 28.1 Å². The van der Waals surface area contributed by atoms with Gasteiger partial charge >= 0.3 is 0 Å². The van der Waals surface area contributed by atoms with Crippen molar-refractivity contribution in [3.8, 4) is 22.1 Å². The molecular formula is C17H12N4O3S. The quantitative estimate of drug-likeness (QED) is 0.600. The Hall–Kier alpha value is -3.13. The van der Waals surface area contributed by atoms with Crippen LogP contribution in [0.15, 0.2) is 46.4 Å². The molecule has 8 heteroatoms. The molecule has 0 unspecified atom stereocenters. The standard InChI is InChI=1S/C17H12N4O3S/c1-2-12(16-13(3-1)20-24-21-16)18-7-11-8-25-17(19-11)10-4-5-14-15(6-10)23-9-22-14/h1-6,8,18H,7,9H2. The molecule has 0 aliphatic carbocycles. The average Bonchev–Trinajstić information content (AvgIpc) is 3.38. The van der Waals surface area contributed by atoms with Crippen molar-refractivity contribution in [1.29, 1.82) is 0 Å². The molecule has 1 aliphatic rings. The molecule has 2 aromatic carbocycles. The summed E-state index contributed by atoms with van der Waals surface area (Å²) in [6.45, 7) is 0.862. The summed E-state index contributed by atoms with van der Waals surface area (Å²) < 4.78 is 15.5. The van der Waals surface area contributed by atoms with Crippen LogP contribution in [-0.2, 0) is 6.54 Å². The van der Waals surface area contributed by atoms with Crippen molar-refractivity contribution in [2.75, 3.05) is 12.1 Å². The van der Waals surface area contributed by atoms with Crippen molar-refractivity contribution in [2.24, 2.45) is 0 Å². The third kappa shape index (κ3) is 2.56. The number of ether oxygens (including phenoxy) is 2. The van der Waals surface area contributed by atoms with Gasteiger partial charge < -0.3 is 14.8 Å². The normalized spacial score (nSPS) is 12.6. The van der Waals surface area contributed by atoms with Crippen molar-refractivity contribution in [1.82, 2.24) is 15.3 Å². The van der Waals surface area contributed by atoms with E-state index in [0.717, 1.165) is 39.0 Å². The fraction of sp³-hybridized carbons (Fsp3) is 0.118. The molecule has 0 radical (unpaired) electrons. The van der Waals surface area contributed by atoms with Gasteiger partial charge in [-0.05, 0) is 40.6 Å². The van der Waals surface area contributed by atoms with E-state index in [9.17, 15) is 0 Å². The maximum atomic E-state index is 5.43. The average molecular weight is 352 g/mol. The molecule has 1 N–H and O–H groups in total. The van der Waals surface area contributed by atoms with Crippen molar-refractivity contribution in [3.05, 3.63) is 47.5 Å². The van der Waals surface area contributed by atoms with Gasteiger partial charge in [-0.25, -0.2) is 9.61 Å². The Morgan fingerprint density at radius 3 is 3.04 bits per heavy atom. The smallest absolute Gasteiger partial charge is 0.231 e. The van der Waals surface area contributed by atoms with Gasteiger partial charge in [0.1, 0.15) is 10.5 Å². The second-order valence-electron chi connectivity index (χ2n) is 5.50. The number of fused-ring (bicyclic) bond motifs is 2. The molecule has 0 fully saturated rings. The molecule has 5 rings (SSSR count). The van der Waals surface area contributed by atoms with Crippen LogP contribution in [0.1, 0.15) is 5.69 Å². The van der Waals surface area contributed by atoms with Crippen LogP contribution in [0.25, 0.3) is 21.6 Å². The number of hydrogen-bond donors (Lipinski definition) is 1. The second-order valence-corrected chi connectivity index (χ2v) is 6.36. The number of hydrogen-bond acceptors (Lipinski definition) is 8. The minimum Gasteiger partial charge on any atom is -0.454 e. The molecule has 124 valence electrons. The van der Waals surface area contributed by atoms with Gasteiger partial charge in [0.25, 0.3) is 0 Å². The van der Waals surface area contributed by atoms with Gasteiger partial charge in [-0.1, -0.05) is 6.07 Å². The predicted molar refractivity (Wildman–Crippen MR) is 92.8 cm³/mol. The molecule has 25 heavy (non-hydrogen) atoms. The lowest BCUT2D eigenvalue weighted by Gasteiger charge is -2.03. The number of benzene rings is 2. The van der Waals surface area contributed by atoms with E-state index in [2.05, 4.69) is 20.6 Å². The van der Waals surface area contributed by atoms with Gasteiger partial charge in [-0.15, -0.1) is 11.3 Å². The van der Waals surface area contributed by atoms with Crippen LogP contribution in [-0.4, -0.2) is 22.1 Å². The number of nitrogens with one attached hydrogen (secondary N) is 1. The molecule has 0 spiro atoms. The third-order valence-electron chi connectivity index (χ3n) is 3.92. The van der Waals surface area contributed by atoms with E-state index < -0.39 is 0 Å². The summed E-state index contributed by atoms with van der Waals surface area (Å²) in [5.41, 5.74) is 4.28. The van der Waals surface area contributed by atoms with Crippen LogP contribution in [0.4, 0.5) is 5.69 Å². The van der Waals surface area contributed by atoms with E-state index >= 15 is 0 Å². The first kappa shape index (κ1) is 14.2. The van der Waals surface area contributed by atoms with Crippen molar-refractivity contribution in [3.63, 3.8) is 0 Å². The van der Waals surface area contributed by atoms with Crippen LogP contribution in [0.5, 0.6) is 11.5 Å². The largest absolute Gasteiger partial charge is 0.454 e. The molecule has 0 amide bonds. The van der Waals surface area contributed by atoms with Gasteiger partial charge in [-0.2, -0.15) is 0 Å². The molecule has 3 heterocycles. The molecule has 0 atom stereocenters. The first-order chi connectivity index (χ1) is 12.4. The summed E-state index contributed by atoms with van der Waals surface area (Å²) in [4.78, 5) is 4.69. The molecule has 7 nitrogen and oxygen atoms in total. The molecule has 0 saturated carbocycles. The molecule has 0 saturated heterocycles. The molecule has 0 bridgehead atoms. The zero-order valence-corrected chi connectivity index (χ0v) is 13.7. The van der Waals surface area contributed by atoms with Crippen LogP contribution in [0.3, 0.4) is 0 Å². The lowest BCUT2D eigenvalue weighted by molar-refractivity contribution is 0.174. The van der Waals surface area contributed by atoms with Gasteiger partial charge in [-0.3, -0.25) is 0 Å². The van der Waals surface area contributed by atoms with Gasteiger partial charge in [0.15, 0.2) is 17.0 Å². The number of nitrogens with zero attached hydrogens (tertiary/aromatic N) is 3. The number of thiazole rings is 1. The van der Waals surface area contributed by atoms with Gasteiger partial charge in [0.05, 0.1) is 17.9 Å². The molecule has 4 aromatic rings. The van der Waals surface area contributed by atoms with Crippen molar-refractivity contribution < 1.29 is 14.1 Å². The fourth-order valence-corrected chi connectivity index (χ4v) is 3.50. The highest BCUT2D eigenvalue weighted by atomic mass is 32.1. The monoisotopic (exact) mass is 352 g/mol. The van der Waals surface area contributed by atoms with E-state index in [0.29, 0.717) is 12.1 Å². The Morgan fingerprint density at radius 2 is 2.04 bits per heavy atom. The summed E-state index contributed by atoms with van der Waals surface area (Å²) in [5.74, 6) is 1.54. The van der Waals surface area contributed by atoms with E-state index in [1.807, 2.05) is 41.8 Å². The lowest BCUT2D eigenvalue weighted by Crippen LogP contribution is -2.00. The summed E-state index contributed by atoms with van der Waals surface area (Å²) in [7, 11) is 0. The highest BCUT2D eigenvalue weighted by molar-refractivity contribution is 7.13. The summed E-state index contributed by atoms with van der Waals surface area (Å²) in [5, 5.41) is 14.1. The Labute approximate surface area is 146 Å². The zero-order valence-electron chi connectivity index (χ0n) is 12.9. The van der Waals surface area contributed by atoms with E-state index in [4.69, 9.17) is 14.1 Å². The maximum absolute atomic E-state index is 5.43. The second kappa shape index (κ2) is 5.75.